The van der Waals surface area contributed by atoms with Crippen LogP contribution in [0.1, 0.15) is 11.1 Å². The van der Waals surface area contributed by atoms with Crippen molar-refractivity contribution in [1.29, 1.82) is 5.26 Å². The van der Waals surface area contributed by atoms with E-state index in [0.29, 0.717) is 16.1 Å². The fourth-order valence-electron chi connectivity index (χ4n) is 1.53. The monoisotopic (exact) mass is 263 g/mol. The molecule has 6 heteroatoms. The van der Waals surface area contributed by atoms with Crippen LogP contribution in [0.15, 0.2) is 35.4 Å². The van der Waals surface area contributed by atoms with Crippen molar-refractivity contribution in [2.45, 2.75) is 6.54 Å². The maximum Gasteiger partial charge on any atom is 0.347 e. The molecule has 0 spiro atoms. The lowest BCUT2D eigenvalue weighted by atomic mass is 10.1. The molecule has 0 aliphatic carbocycles. The van der Waals surface area contributed by atoms with E-state index in [0.717, 1.165) is 0 Å². The first-order valence-electron chi connectivity index (χ1n) is 5.00. The molecule has 0 aliphatic rings. The molecule has 2 rings (SSSR count). The molecule has 0 radical (unpaired) electrons. The van der Waals surface area contributed by atoms with Gasteiger partial charge in [-0.2, -0.15) is 5.26 Å². The number of halogens is 2. The molecule has 1 aromatic heterocycles. The molecule has 1 aromatic carbocycles. The van der Waals surface area contributed by atoms with Gasteiger partial charge in [0.05, 0.1) is 29.4 Å². The maximum absolute atomic E-state index is 13.1. The Hall–Kier alpha value is -2.19. The molecular formula is C12H7ClFN3O. The first-order chi connectivity index (χ1) is 8.60. The summed E-state index contributed by atoms with van der Waals surface area (Å²) in [6.45, 7) is 0.0487. The van der Waals surface area contributed by atoms with Crippen LogP contribution in [0, 0.1) is 17.1 Å². The molecule has 0 bridgehead atoms. The molecule has 18 heavy (non-hydrogen) atoms. The Bertz CT molecular complexity index is 690. The fraction of sp³-hybridized carbons (Fsp3) is 0.0833. The molecule has 0 saturated carbocycles. The molecule has 0 N–H and O–H groups in total. The molecule has 0 atom stereocenters. The summed E-state index contributed by atoms with van der Waals surface area (Å²) in [6.07, 6.45) is 2.63. The fourth-order valence-corrected chi connectivity index (χ4v) is 1.69. The first-order valence-corrected chi connectivity index (χ1v) is 5.38. The van der Waals surface area contributed by atoms with Gasteiger partial charge in [-0.3, -0.25) is 4.57 Å². The van der Waals surface area contributed by atoms with Crippen molar-refractivity contribution >= 4 is 11.6 Å². The van der Waals surface area contributed by atoms with Crippen LogP contribution < -0.4 is 5.69 Å². The van der Waals surface area contributed by atoms with Gasteiger partial charge in [-0.25, -0.2) is 14.2 Å². The zero-order valence-corrected chi connectivity index (χ0v) is 9.86. The van der Waals surface area contributed by atoms with Crippen molar-refractivity contribution in [1.82, 2.24) is 9.55 Å². The van der Waals surface area contributed by atoms with Gasteiger partial charge in [0.2, 0.25) is 0 Å². The van der Waals surface area contributed by atoms with Gasteiger partial charge in [-0.1, -0.05) is 11.6 Å². The second-order valence-corrected chi connectivity index (χ2v) is 4.03. The predicted molar refractivity (Wildman–Crippen MR) is 63.7 cm³/mol. The van der Waals surface area contributed by atoms with Crippen LogP contribution in [-0.2, 0) is 6.54 Å². The van der Waals surface area contributed by atoms with E-state index in [-0.39, 0.29) is 6.54 Å². The molecular weight excluding hydrogens is 257 g/mol. The Morgan fingerprint density at radius 2 is 2.28 bits per heavy atom. The minimum absolute atomic E-state index is 0.0487. The lowest BCUT2D eigenvalue weighted by molar-refractivity contribution is 0.621. The average Bonchev–Trinajstić information content (AvgIpc) is 2.34. The zero-order valence-electron chi connectivity index (χ0n) is 9.10. The van der Waals surface area contributed by atoms with E-state index in [1.165, 1.54) is 35.2 Å². The Balaban J connectivity index is 2.46. The van der Waals surface area contributed by atoms with Gasteiger partial charge in [0, 0.05) is 6.20 Å². The van der Waals surface area contributed by atoms with E-state index < -0.39 is 11.5 Å². The normalized spacial score (nSPS) is 10.1. The van der Waals surface area contributed by atoms with Gasteiger partial charge in [0.25, 0.3) is 0 Å². The van der Waals surface area contributed by atoms with E-state index in [4.69, 9.17) is 16.9 Å². The van der Waals surface area contributed by atoms with Crippen molar-refractivity contribution in [2.75, 3.05) is 0 Å². The quantitative estimate of drug-likeness (QED) is 0.832. The smallest absolute Gasteiger partial charge is 0.293 e. The summed E-state index contributed by atoms with van der Waals surface area (Å²) in [5.74, 6) is -0.466. The lowest BCUT2D eigenvalue weighted by Crippen LogP contribution is -2.22. The van der Waals surface area contributed by atoms with Gasteiger partial charge < -0.3 is 0 Å². The van der Waals surface area contributed by atoms with Gasteiger partial charge in [0.15, 0.2) is 0 Å². The van der Waals surface area contributed by atoms with Crippen LogP contribution in [0.4, 0.5) is 4.39 Å². The Morgan fingerprint density at radius 3 is 3.00 bits per heavy atom. The third kappa shape index (κ3) is 2.55. The summed E-state index contributed by atoms with van der Waals surface area (Å²) in [4.78, 5) is 15.0. The molecule has 2 aromatic rings. The molecule has 90 valence electrons. The molecule has 0 amide bonds. The second-order valence-electron chi connectivity index (χ2n) is 3.60. The first kappa shape index (κ1) is 12.3. The highest BCUT2D eigenvalue weighted by Crippen LogP contribution is 2.12. The topological polar surface area (TPSA) is 58.7 Å². The zero-order chi connectivity index (χ0) is 13.1. The molecule has 0 saturated heterocycles. The summed E-state index contributed by atoms with van der Waals surface area (Å²) >= 11 is 5.73. The molecule has 1 heterocycles. The standard InChI is InChI=1S/C12H7ClFN3O/c13-10-5-16-12(18)17(7-10)6-9-3-11(14)2-1-8(9)4-15/h1-3,5,7H,6H2. The van der Waals surface area contributed by atoms with Gasteiger partial charge >= 0.3 is 5.69 Å². The molecule has 0 fully saturated rings. The Morgan fingerprint density at radius 1 is 1.50 bits per heavy atom. The van der Waals surface area contributed by atoms with E-state index >= 15 is 0 Å². The number of aromatic nitrogens is 2. The SMILES string of the molecule is N#Cc1ccc(F)cc1Cn1cc(Cl)cnc1=O. The molecule has 4 nitrogen and oxygen atoms in total. The van der Waals surface area contributed by atoms with Crippen molar-refractivity contribution < 1.29 is 4.39 Å². The Kier molecular flexibility index (Phi) is 3.40. The van der Waals surface area contributed by atoms with E-state index in [9.17, 15) is 9.18 Å². The molecule has 0 unspecified atom stereocenters. The second kappa shape index (κ2) is 4.98. The third-order valence-electron chi connectivity index (χ3n) is 2.35. The highest BCUT2D eigenvalue weighted by molar-refractivity contribution is 6.30. The van der Waals surface area contributed by atoms with Crippen LogP contribution >= 0.6 is 11.6 Å². The molecule has 0 aliphatic heterocycles. The van der Waals surface area contributed by atoms with Gasteiger partial charge in [-0.15, -0.1) is 0 Å². The summed E-state index contributed by atoms with van der Waals surface area (Å²) in [5.41, 5.74) is 0.208. The largest absolute Gasteiger partial charge is 0.347 e. The number of rotatable bonds is 2. The van der Waals surface area contributed by atoms with Crippen molar-refractivity contribution in [3.05, 3.63) is 63.0 Å². The van der Waals surface area contributed by atoms with Crippen molar-refractivity contribution in [3.63, 3.8) is 0 Å². The van der Waals surface area contributed by atoms with E-state index in [1.54, 1.807) is 0 Å². The minimum atomic E-state index is -0.507. The Labute approximate surface area is 107 Å². The summed E-state index contributed by atoms with van der Waals surface area (Å²) in [6, 6.07) is 5.72. The minimum Gasteiger partial charge on any atom is -0.293 e. The van der Waals surface area contributed by atoms with E-state index in [1.807, 2.05) is 6.07 Å². The maximum atomic E-state index is 13.1. The number of nitriles is 1. The van der Waals surface area contributed by atoms with Crippen LogP contribution in [0.2, 0.25) is 5.02 Å². The van der Waals surface area contributed by atoms with Gasteiger partial charge in [0.1, 0.15) is 5.82 Å². The number of nitrogens with zero attached hydrogens (tertiary/aromatic N) is 3. The lowest BCUT2D eigenvalue weighted by Gasteiger charge is -2.07. The highest BCUT2D eigenvalue weighted by atomic mass is 35.5. The summed E-state index contributed by atoms with van der Waals surface area (Å²) < 4.78 is 14.3. The van der Waals surface area contributed by atoms with Crippen LogP contribution in [0.5, 0.6) is 0 Å². The van der Waals surface area contributed by atoms with Crippen LogP contribution in [-0.4, -0.2) is 9.55 Å². The van der Waals surface area contributed by atoms with Crippen LogP contribution in [0.25, 0.3) is 0 Å². The van der Waals surface area contributed by atoms with Crippen molar-refractivity contribution in [3.8, 4) is 6.07 Å². The number of benzene rings is 1. The van der Waals surface area contributed by atoms with Crippen LogP contribution in [0.3, 0.4) is 0 Å². The average molecular weight is 264 g/mol. The van der Waals surface area contributed by atoms with Crippen molar-refractivity contribution in [2.24, 2.45) is 0 Å². The summed E-state index contributed by atoms with van der Waals surface area (Å²) in [7, 11) is 0. The number of hydrogen-bond acceptors (Lipinski definition) is 3. The summed E-state index contributed by atoms with van der Waals surface area (Å²) in [5, 5.41) is 9.21. The third-order valence-corrected chi connectivity index (χ3v) is 2.55. The van der Waals surface area contributed by atoms with Gasteiger partial charge in [-0.05, 0) is 23.8 Å². The number of hydrogen-bond donors (Lipinski definition) is 0. The highest BCUT2D eigenvalue weighted by Gasteiger charge is 2.06. The predicted octanol–water partition coefficient (Wildman–Crippen LogP) is 1.96. The van der Waals surface area contributed by atoms with E-state index in [2.05, 4.69) is 4.98 Å².